The molecule has 0 aromatic carbocycles. The highest BCUT2D eigenvalue weighted by Gasteiger charge is 2.18. The molecule has 0 spiro atoms. The molecule has 0 saturated heterocycles. The number of anilines is 1. The summed E-state index contributed by atoms with van der Waals surface area (Å²) in [7, 11) is 0. The number of aromatic nitrogens is 1. The maximum atomic E-state index is 8.96. The number of oxime groups is 1. The molecular formula is C14H24N4O. The van der Waals surface area contributed by atoms with Gasteiger partial charge in [0.25, 0.3) is 0 Å². The van der Waals surface area contributed by atoms with Gasteiger partial charge in [0.1, 0.15) is 5.82 Å². The number of aryl methyl sites for hydroxylation is 2. The number of hydrogen-bond acceptors (Lipinski definition) is 4. The summed E-state index contributed by atoms with van der Waals surface area (Å²) in [4.78, 5) is 6.80. The lowest BCUT2D eigenvalue weighted by Crippen LogP contribution is -2.30. The van der Waals surface area contributed by atoms with Crippen molar-refractivity contribution in [3.05, 3.63) is 22.9 Å². The normalized spacial score (nSPS) is 11.7. The Morgan fingerprint density at radius 3 is 2.37 bits per heavy atom. The van der Waals surface area contributed by atoms with Crippen molar-refractivity contribution in [1.82, 2.24) is 4.98 Å². The van der Waals surface area contributed by atoms with Gasteiger partial charge in [-0.05, 0) is 38.3 Å². The highest BCUT2D eigenvalue weighted by atomic mass is 16.4. The van der Waals surface area contributed by atoms with E-state index in [1.165, 1.54) is 0 Å². The van der Waals surface area contributed by atoms with Gasteiger partial charge in [-0.3, -0.25) is 0 Å². The number of hydrogen-bond donors (Lipinski definition) is 2. The molecule has 0 atom stereocenters. The molecule has 1 aromatic rings. The van der Waals surface area contributed by atoms with Crippen LogP contribution >= 0.6 is 0 Å². The van der Waals surface area contributed by atoms with Gasteiger partial charge in [0, 0.05) is 18.8 Å². The SMILES string of the molecule is CCCN(CCC)c1nc(C)cc(C)c1C(N)=NO. The van der Waals surface area contributed by atoms with Gasteiger partial charge >= 0.3 is 0 Å². The smallest absolute Gasteiger partial charge is 0.174 e. The molecule has 0 amide bonds. The van der Waals surface area contributed by atoms with Gasteiger partial charge in [-0.2, -0.15) is 0 Å². The monoisotopic (exact) mass is 264 g/mol. The van der Waals surface area contributed by atoms with Gasteiger partial charge in [-0.25, -0.2) is 4.98 Å². The molecule has 0 bridgehead atoms. The van der Waals surface area contributed by atoms with E-state index in [2.05, 4.69) is 28.9 Å². The van der Waals surface area contributed by atoms with E-state index >= 15 is 0 Å². The molecular weight excluding hydrogens is 240 g/mol. The van der Waals surface area contributed by atoms with Gasteiger partial charge in [-0.1, -0.05) is 19.0 Å². The molecule has 1 rings (SSSR count). The molecule has 1 aromatic heterocycles. The second-order valence-electron chi connectivity index (χ2n) is 4.75. The molecule has 0 saturated carbocycles. The minimum Gasteiger partial charge on any atom is -0.409 e. The molecule has 0 aliphatic carbocycles. The Morgan fingerprint density at radius 2 is 1.89 bits per heavy atom. The molecule has 19 heavy (non-hydrogen) atoms. The molecule has 0 aliphatic heterocycles. The summed E-state index contributed by atoms with van der Waals surface area (Å²) in [5, 5.41) is 12.1. The van der Waals surface area contributed by atoms with Crippen LogP contribution in [0.5, 0.6) is 0 Å². The van der Waals surface area contributed by atoms with Crippen molar-refractivity contribution >= 4 is 11.7 Å². The van der Waals surface area contributed by atoms with Crippen molar-refractivity contribution in [3.8, 4) is 0 Å². The van der Waals surface area contributed by atoms with Crippen molar-refractivity contribution in [3.63, 3.8) is 0 Å². The van der Waals surface area contributed by atoms with Crippen LogP contribution in [0.4, 0.5) is 5.82 Å². The molecule has 1 heterocycles. The summed E-state index contributed by atoms with van der Waals surface area (Å²) in [5.41, 5.74) is 8.47. The molecule has 0 fully saturated rings. The van der Waals surface area contributed by atoms with Crippen LogP contribution < -0.4 is 10.6 Å². The third-order valence-corrected chi connectivity index (χ3v) is 2.98. The van der Waals surface area contributed by atoms with E-state index in [0.29, 0.717) is 0 Å². The standard InChI is InChI=1S/C14H24N4O/c1-5-7-18(8-6-2)14-12(13(15)17-19)10(3)9-11(4)16-14/h9,19H,5-8H2,1-4H3,(H2,15,17). The first-order chi connectivity index (χ1) is 9.04. The van der Waals surface area contributed by atoms with Crippen molar-refractivity contribution in [2.75, 3.05) is 18.0 Å². The van der Waals surface area contributed by atoms with E-state index in [4.69, 9.17) is 10.9 Å². The molecule has 0 radical (unpaired) electrons. The zero-order valence-corrected chi connectivity index (χ0v) is 12.3. The molecule has 5 heteroatoms. The van der Waals surface area contributed by atoms with Crippen molar-refractivity contribution in [1.29, 1.82) is 0 Å². The van der Waals surface area contributed by atoms with Gasteiger partial charge in [0.15, 0.2) is 5.84 Å². The summed E-state index contributed by atoms with van der Waals surface area (Å²) in [6.07, 6.45) is 2.06. The lowest BCUT2D eigenvalue weighted by Gasteiger charge is -2.26. The minimum absolute atomic E-state index is 0.122. The Morgan fingerprint density at radius 1 is 1.32 bits per heavy atom. The van der Waals surface area contributed by atoms with Crippen molar-refractivity contribution in [2.45, 2.75) is 40.5 Å². The molecule has 0 aliphatic rings. The lowest BCUT2D eigenvalue weighted by molar-refractivity contribution is 0.318. The predicted octanol–water partition coefficient (Wildman–Crippen LogP) is 2.42. The summed E-state index contributed by atoms with van der Waals surface area (Å²) < 4.78 is 0. The van der Waals surface area contributed by atoms with E-state index in [9.17, 15) is 0 Å². The fourth-order valence-electron chi connectivity index (χ4n) is 2.28. The zero-order chi connectivity index (χ0) is 14.4. The number of rotatable bonds is 6. The van der Waals surface area contributed by atoms with E-state index in [1.54, 1.807) is 0 Å². The van der Waals surface area contributed by atoms with Crippen LogP contribution in [-0.2, 0) is 0 Å². The zero-order valence-electron chi connectivity index (χ0n) is 12.3. The van der Waals surface area contributed by atoms with Crippen molar-refractivity contribution in [2.24, 2.45) is 10.9 Å². The van der Waals surface area contributed by atoms with E-state index in [0.717, 1.165) is 48.6 Å². The van der Waals surface area contributed by atoms with E-state index in [-0.39, 0.29) is 5.84 Å². The Hall–Kier alpha value is -1.78. The first-order valence-electron chi connectivity index (χ1n) is 6.76. The highest BCUT2D eigenvalue weighted by Crippen LogP contribution is 2.23. The van der Waals surface area contributed by atoms with Crippen LogP contribution in [-0.4, -0.2) is 29.1 Å². The first-order valence-corrected chi connectivity index (χ1v) is 6.76. The molecule has 0 unspecified atom stereocenters. The highest BCUT2D eigenvalue weighted by molar-refractivity contribution is 6.02. The summed E-state index contributed by atoms with van der Waals surface area (Å²) in [5.74, 6) is 0.939. The maximum absolute atomic E-state index is 8.96. The van der Waals surface area contributed by atoms with Crippen molar-refractivity contribution < 1.29 is 5.21 Å². The summed E-state index contributed by atoms with van der Waals surface area (Å²) in [6.45, 7) is 10.0. The quantitative estimate of drug-likeness (QED) is 0.358. The fourth-order valence-corrected chi connectivity index (χ4v) is 2.28. The lowest BCUT2D eigenvalue weighted by atomic mass is 10.1. The summed E-state index contributed by atoms with van der Waals surface area (Å²) in [6, 6.07) is 1.95. The number of nitrogens with zero attached hydrogens (tertiary/aromatic N) is 3. The fraction of sp³-hybridized carbons (Fsp3) is 0.571. The first kappa shape index (κ1) is 15.3. The average Bonchev–Trinajstić information content (AvgIpc) is 2.36. The predicted molar refractivity (Wildman–Crippen MR) is 79.0 cm³/mol. The van der Waals surface area contributed by atoms with Crippen LogP contribution in [0.3, 0.4) is 0 Å². The van der Waals surface area contributed by atoms with E-state index < -0.39 is 0 Å². The Labute approximate surface area is 115 Å². The number of amidine groups is 1. The molecule has 3 N–H and O–H groups in total. The van der Waals surface area contributed by atoms with Crippen LogP contribution in [0.25, 0.3) is 0 Å². The minimum atomic E-state index is 0.122. The third kappa shape index (κ3) is 3.59. The van der Waals surface area contributed by atoms with Gasteiger partial charge in [0.2, 0.25) is 0 Å². The Kier molecular flexibility index (Phi) is 5.60. The van der Waals surface area contributed by atoms with Crippen LogP contribution in [0.1, 0.15) is 43.5 Å². The Bertz CT molecular complexity index is 451. The van der Waals surface area contributed by atoms with Crippen LogP contribution in [0.2, 0.25) is 0 Å². The van der Waals surface area contributed by atoms with Gasteiger partial charge in [-0.15, -0.1) is 0 Å². The second kappa shape index (κ2) is 6.97. The molecule has 106 valence electrons. The topological polar surface area (TPSA) is 74.7 Å². The third-order valence-electron chi connectivity index (χ3n) is 2.98. The van der Waals surface area contributed by atoms with Gasteiger partial charge < -0.3 is 15.8 Å². The number of nitrogens with two attached hydrogens (primary N) is 1. The van der Waals surface area contributed by atoms with Crippen LogP contribution in [0.15, 0.2) is 11.2 Å². The second-order valence-corrected chi connectivity index (χ2v) is 4.75. The largest absolute Gasteiger partial charge is 0.409 e. The van der Waals surface area contributed by atoms with Gasteiger partial charge in [0.05, 0.1) is 5.56 Å². The summed E-state index contributed by atoms with van der Waals surface area (Å²) >= 11 is 0. The molecule has 5 nitrogen and oxygen atoms in total. The maximum Gasteiger partial charge on any atom is 0.174 e. The van der Waals surface area contributed by atoms with Crippen LogP contribution in [0, 0.1) is 13.8 Å². The Balaban J connectivity index is 3.36. The average molecular weight is 264 g/mol. The van der Waals surface area contributed by atoms with E-state index in [1.807, 2.05) is 19.9 Å². The number of pyridine rings is 1.